The van der Waals surface area contributed by atoms with Gasteiger partial charge in [-0.3, -0.25) is 0 Å². The second-order valence-corrected chi connectivity index (χ2v) is 2.83. The van der Waals surface area contributed by atoms with Crippen LogP contribution in [0.5, 0.6) is 5.75 Å². The molecule has 0 aliphatic rings. The van der Waals surface area contributed by atoms with Gasteiger partial charge >= 0.3 is 0 Å². The van der Waals surface area contributed by atoms with E-state index >= 15 is 0 Å². The van der Waals surface area contributed by atoms with Crippen molar-refractivity contribution in [1.29, 1.82) is 0 Å². The normalized spacial score (nSPS) is 8.67. The molecule has 0 aromatic heterocycles. The van der Waals surface area contributed by atoms with Crippen molar-refractivity contribution in [2.24, 2.45) is 0 Å². The van der Waals surface area contributed by atoms with Gasteiger partial charge in [-0.05, 0) is 6.42 Å². The Morgan fingerprint density at radius 3 is 2.67 bits per heavy atom. The SMILES string of the molecule is COCCCc1c[c-]ccc1OC.Cl.[Zn]. The maximum Gasteiger partial charge on any atom is 0.0743 e. The molecule has 0 saturated carbocycles. The summed E-state index contributed by atoms with van der Waals surface area (Å²) in [5, 5.41) is 0. The number of hydrogen-bond acceptors (Lipinski definition) is 2. The Morgan fingerprint density at radius 1 is 1.33 bits per heavy atom. The Balaban J connectivity index is 0. The van der Waals surface area contributed by atoms with E-state index < -0.39 is 0 Å². The van der Waals surface area contributed by atoms with Crippen LogP contribution >= 0.6 is 12.4 Å². The number of methoxy groups -OCH3 is 2. The van der Waals surface area contributed by atoms with E-state index in [0.717, 1.165) is 25.2 Å². The number of ether oxygens (including phenoxy) is 2. The van der Waals surface area contributed by atoms with Crippen LogP contribution in [0.3, 0.4) is 0 Å². The number of rotatable bonds is 5. The largest absolute Gasteiger partial charge is 0.522 e. The van der Waals surface area contributed by atoms with E-state index in [1.807, 2.05) is 18.2 Å². The smallest absolute Gasteiger partial charge is 0.0743 e. The van der Waals surface area contributed by atoms with Crippen LogP contribution in [0.25, 0.3) is 0 Å². The molecule has 82 valence electrons. The van der Waals surface area contributed by atoms with Crippen LogP contribution in [0.2, 0.25) is 0 Å². The summed E-state index contributed by atoms with van der Waals surface area (Å²) < 4.78 is 10.2. The molecule has 15 heavy (non-hydrogen) atoms. The molecule has 0 aliphatic heterocycles. The van der Waals surface area contributed by atoms with Crippen molar-refractivity contribution in [2.45, 2.75) is 12.8 Å². The summed E-state index contributed by atoms with van der Waals surface area (Å²) in [7, 11) is 3.41. The summed E-state index contributed by atoms with van der Waals surface area (Å²) in [6.45, 7) is 0.790. The van der Waals surface area contributed by atoms with E-state index in [1.54, 1.807) is 14.2 Å². The van der Waals surface area contributed by atoms with Gasteiger partial charge in [0.1, 0.15) is 0 Å². The van der Waals surface area contributed by atoms with Crippen molar-refractivity contribution in [2.75, 3.05) is 20.8 Å². The summed E-state index contributed by atoms with van der Waals surface area (Å²) in [5.41, 5.74) is 1.20. The van der Waals surface area contributed by atoms with Crippen molar-refractivity contribution < 1.29 is 29.0 Å². The van der Waals surface area contributed by atoms with Crippen LogP contribution in [-0.2, 0) is 30.6 Å². The van der Waals surface area contributed by atoms with Gasteiger partial charge in [0.2, 0.25) is 0 Å². The molecule has 0 amide bonds. The van der Waals surface area contributed by atoms with Crippen LogP contribution in [0.15, 0.2) is 18.2 Å². The molecule has 0 radical (unpaired) electrons. The summed E-state index contributed by atoms with van der Waals surface area (Å²) in [5.74, 6) is 0.940. The Hall–Kier alpha value is -0.107. The molecule has 1 rings (SSSR count). The van der Waals surface area contributed by atoms with Crippen LogP contribution < -0.4 is 4.74 Å². The first-order valence-corrected chi connectivity index (χ1v) is 4.40. The second kappa shape index (κ2) is 10.4. The van der Waals surface area contributed by atoms with Gasteiger partial charge in [-0.25, -0.2) is 0 Å². The predicted octanol–water partition coefficient (Wildman–Crippen LogP) is 2.49. The molecule has 4 heteroatoms. The van der Waals surface area contributed by atoms with Gasteiger partial charge in [0.15, 0.2) is 0 Å². The van der Waals surface area contributed by atoms with Gasteiger partial charge < -0.3 is 9.47 Å². The van der Waals surface area contributed by atoms with Crippen molar-refractivity contribution >= 4 is 12.4 Å². The Kier molecular flexibility index (Phi) is 12.0. The monoisotopic (exact) mass is 279 g/mol. The molecule has 1 aromatic rings. The summed E-state index contributed by atoms with van der Waals surface area (Å²) >= 11 is 0. The molecule has 0 fully saturated rings. The first-order chi connectivity index (χ1) is 6.38. The molecule has 0 spiro atoms. The second-order valence-electron chi connectivity index (χ2n) is 2.83. The predicted molar refractivity (Wildman–Crippen MR) is 59.3 cm³/mol. The topological polar surface area (TPSA) is 18.5 Å². The minimum Gasteiger partial charge on any atom is -0.522 e. The van der Waals surface area contributed by atoms with E-state index in [4.69, 9.17) is 9.47 Å². The Morgan fingerprint density at radius 2 is 2.07 bits per heavy atom. The maximum absolute atomic E-state index is 5.22. The average Bonchev–Trinajstić information content (AvgIpc) is 2.19. The fourth-order valence-corrected chi connectivity index (χ4v) is 1.25. The molecular weight excluding hydrogens is 265 g/mol. The zero-order valence-electron chi connectivity index (χ0n) is 9.29. The van der Waals surface area contributed by atoms with Crippen LogP contribution in [0, 0.1) is 6.07 Å². The minimum atomic E-state index is 0. The number of halogens is 1. The van der Waals surface area contributed by atoms with E-state index in [2.05, 4.69) is 6.07 Å². The quantitative estimate of drug-likeness (QED) is 0.469. The maximum atomic E-state index is 5.22. The van der Waals surface area contributed by atoms with Crippen molar-refractivity contribution in [3.05, 3.63) is 29.8 Å². The summed E-state index contributed by atoms with van der Waals surface area (Å²) in [6.07, 6.45) is 2.00. The number of aryl methyl sites for hydroxylation is 1. The van der Waals surface area contributed by atoms with Gasteiger partial charge in [0, 0.05) is 38.9 Å². The molecule has 0 aliphatic carbocycles. The molecular formula is C11H16ClO2Zn-. The van der Waals surface area contributed by atoms with Crippen LogP contribution in [0.4, 0.5) is 0 Å². The molecule has 0 bridgehead atoms. The fourth-order valence-electron chi connectivity index (χ4n) is 1.25. The molecule has 2 nitrogen and oxygen atoms in total. The molecule has 0 saturated heterocycles. The average molecular weight is 281 g/mol. The van der Waals surface area contributed by atoms with E-state index in [9.17, 15) is 0 Å². The van der Waals surface area contributed by atoms with E-state index in [1.165, 1.54) is 5.56 Å². The third kappa shape index (κ3) is 6.14. The zero-order chi connectivity index (χ0) is 9.52. The van der Waals surface area contributed by atoms with Gasteiger partial charge in [-0.2, -0.15) is 18.2 Å². The number of benzene rings is 1. The Labute approximate surface area is 111 Å². The first kappa shape index (κ1) is 17.3. The van der Waals surface area contributed by atoms with Crippen molar-refractivity contribution in [1.82, 2.24) is 0 Å². The first-order valence-electron chi connectivity index (χ1n) is 4.40. The van der Waals surface area contributed by atoms with E-state index in [0.29, 0.717) is 0 Å². The molecule has 0 unspecified atom stereocenters. The van der Waals surface area contributed by atoms with Gasteiger partial charge in [0.25, 0.3) is 0 Å². The number of hydrogen-bond donors (Lipinski definition) is 0. The Bertz CT molecular complexity index is 256. The third-order valence-electron chi connectivity index (χ3n) is 1.92. The van der Waals surface area contributed by atoms with Crippen molar-refractivity contribution in [3.8, 4) is 5.75 Å². The van der Waals surface area contributed by atoms with Gasteiger partial charge in [-0.15, -0.1) is 24.0 Å². The van der Waals surface area contributed by atoms with Gasteiger partial charge in [-0.1, -0.05) is 6.42 Å². The van der Waals surface area contributed by atoms with E-state index in [-0.39, 0.29) is 31.9 Å². The van der Waals surface area contributed by atoms with Crippen LogP contribution in [0.1, 0.15) is 12.0 Å². The minimum absolute atomic E-state index is 0. The van der Waals surface area contributed by atoms with Crippen molar-refractivity contribution in [3.63, 3.8) is 0 Å². The molecule has 1 aromatic carbocycles. The third-order valence-corrected chi connectivity index (χ3v) is 1.92. The summed E-state index contributed by atoms with van der Waals surface area (Å²) in [6, 6.07) is 8.80. The standard InChI is InChI=1S/C11H15O2.ClH.Zn/c1-12-9-5-7-10-6-3-4-8-11(10)13-2;;/h4,6,8H,5,7,9H2,1-2H3;1H;/q-1;;. The van der Waals surface area contributed by atoms with Crippen LogP contribution in [-0.4, -0.2) is 20.8 Å². The molecule has 0 atom stereocenters. The zero-order valence-corrected chi connectivity index (χ0v) is 13.1. The molecule has 0 heterocycles. The summed E-state index contributed by atoms with van der Waals surface area (Å²) in [4.78, 5) is 0. The fraction of sp³-hybridized carbons (Fsp3) is 0.455. The molecule has 0 N–H and O–H groups in total. The van der Waals surface area contributed by atoms with Gasteiger partial charge in [0.05, 0.1) is 7.11 Å².